The fraction of sp³-hybridized carbons (Fsp3) is 0.458. The lowest BCUT2D eigenvalue weighted by Gasteiger charge is -2.16. The lowest BCUT2D eigenvalue weighted by atomic mass is 10.1. The molecule has 0 radical (unpaired) electrons. The van der Waals surface area contributed by atoms with Gasteiger partial charge in [0, 0.05) is 37.8 Å². The van der Waals surface area contributed by atoms with Crippen molar-refractivity contribution >= 4 is 35.6 Å². The third-order valence-electron chi connectivity index (χ3n) is 5.65. The minimum Gasteiger partial charge on any atom is -0.490 e. The van der Waals surface area contributed by atoms with Crippen molar-refractivity contribution in [2.24, 2.45) is 10.9 Å². The van der Waals surface area contributed by atoms with Crippen molar-refractivity contribution in [2.75, 3.05) is 51.8 Å². The van der Waals surface area contributed by atoms with Gasteiger partial charge in [-0.3, -0.25) is 4.99 Å². The summed E-state index contributed by atoms with van der Waals surface area (Å²) in [7, 11) is 2.15. The van der Waals surface area contributed by atoms with E-state index < -0.39 is 0 Å². The van der Waals surface area contributed by atoms with Crippen LogP contribution in [0, 0.1) is 11.7 Å². The van der Waals surface area contributed by atoms with Crippen molar-refractivity contribution in [3.63, 3.8) is 0 Å². The summed E-state index contributed by atoms with van der Waals surface area (Å²) in [6, 6.07) is 12.7. The van der Waals surface area contributed by atoms with Crippen LogP contribution in [0.3, 0.4) is 0 Å². The van der Waals surface area contributed by atoms with Gasteiger partial charge >= 0.3 is 0 Å². The van der Waals surface area contributed by atoms with Crippen LogP contribution in [0.1, 0.15) is 18.4 Å². The van der Waals surface area contributed by atoms with Gasteiger partial charge in [-0.25, -0.2) is 4.39 Å². The summed E-state index contributed by atoms with van der Waals surface area (Å²) in [6.07, 6.45) is 2.62. The third kappa shape index (κ3) is 6.96. The molecular formula is C24H32FIN4O2. The van der Waals surface area contributed by atoms with E-state index in [2.05, 4.69) is 22.6 Å². The standard InChI is InChI=1S/C24H31FN4O2.HI/c1-29-12-10-18(17-29)16-27-24(26-11-9-19-5-2-3-6-21(19)25)28-20-7-8-22-23(15-20)31-14-4-13-30-22;/h2-3,5-8,15,18H,4,9-14,16-17H2,1H3,(H2,26,27,28);1H. The Morgan fingerprint density at radius 2 is 1.97 bits per heavy atom. The Morgan fingerprint density at radius 1 is 1.16 bits per heavy atom. The monoisotopic (exact) mass is 554 g/mol. The van der Waals surface area contributed by atoms with Gasteiger partial charge in [0.25, 0.3) is 0 Å². The lowest BCUT2D eigenvalue weighted by Crippen LogP contribution is -2.33. The molecule has 2 aromatic rings. The van der Waals surface area contributed by atoms with Gasteiger partial charge in [0.1, 0.15) is 5.82 Å². The molecule has 6 nitrogen and oxygen atoms in total. The number of hydrogen-bond acceptors (Lipinski definition) is 4. The highest BCUT2D eigenvalue weighted by Gasteiger charge is 2.19. The van der Waals surface area contributed by atoms with Crippen molar-refractivity contribution in [1.82, 2.24) is 10.2 Å². The van der Waals surface area contributed by atoms with E-state index in [9.17, 15) is 4.39 Å². The minimum atomic E-state index is -0.173. The van der Waals surface area contributed by atoms with E-state index in [-0.39, 0.29) is 29.8 Å². The summed E-state index contributed by atoms with van der Waals surface area (Å²) in [5.74, 6) is 2.58. The SMILES string of the molecule is CN1CCC(CN=C(NCCc2ccccc2F)Nc2ccc3c(c2)OCCCO3)C1.I. The van der Waals surface area contributed by atoms with E-state index >= 15 is 0 Å². The Hall–Kier alpha value is -2.07. The molecule has 1 saturated heterocycles. The Balaban J connectivity index is 0.00000289. The average molecular weight is 554 g/mol. The summed E-state index contributed by atoms with van der Waals surface area (Å²) < 4.78 is 25.5. The molecule has 0 saturated carbocycles. The predicted octanol–water partition coefficient (Wildman–Crippen LogP) is 4.16. The molecule has 32 heavy (non-hydrogen) atoms. The van der Waals surface area contributed by atoms with E-state index in [1.54, 1.807) is 6.07 Å². The number of anilines is 1. The first-order chi connectivity index (χ1) is 15.2. The highest BCUT2D eigenvalue weighted by molar-refractivity contribution is 14.0. The van der Waals surface area contributed by atoms with E-state index in [4.69, 9.17) is 14.5 Å². The molecule has 2 heterocycles. The van der Waals surface area contributed by atoms with Crippen LogP contribution in [-0.4, -0.2) is 57.3 Å². The number of nitrogens with one attached hydrogen (secondary N) is 2. The van der Waals surface area contributed by atoms with Gasteiger partial charge in [-0.1, -0.05) is 18.2 Å². The number of fused-ring (bicyclic) bond motifs is 1. The number of guanidine groups is 1. The molecule has 2 aliphatic rings. The van der Waals surface area contributed by atoms with Gasteiger partial charge in [0.2, 0.25) is 0 Å². The number of aliphatic imine (C=N–C) groups is 1. The molecule has 0 aromatic heterocycles. The molecule has 1 atom stereocenters. The summed E-state index contributed by atoms with van der Waals surface area (Å²) in [5.41, 5.74) is 1.58. The summed E-state index contributed by atoms with van der Waals surface area (Å²) in [6.45, 7) is 4.83. The third-order valence-corrected chi connectivity index (χ3v) is 5.65. The van der Waals surface area contributed by atoms with Crippen molar-refractivity contribution in [3.05, 3.63) is 53.8 Å². The number of hydrogen-bond donors (Lipinski definition) is 2. The number of rotatable bonds is 6. The second-order valence-electron chi connectivity index (χ2n) is 8.21. The molecule has 0 amide bonds. The normalized spacial score (nSPS) is 18.6. The number of halogens is 2. The first-order valence-electron chi connectivity index (χ1n) is 11.0. The maximum Gasteiger partial charge on any atom is 0.195 e. The highest BCUT2D eigenvalue weighted by Crippen LogP contribution is 2.32. The topological polar surface area (TPSA) is 58.1 Å². The predicted molar refractivity (Wildman–Crippen MR) is 137 cm³/mol. The molecule has 0 spiro atoms. The first kappa shape index (κ1) is 24.6. The molecule has 2 aromatic carbocycles. The summed E-state index contributed by atoms with van der Waals surface area (Å²) in [5, 5.41) is 6.74. The maximum absolute atomic E-state index is 13.9. The quantitative estimate of drug-likeness (QED) is 0.319. The summed E-state index contributed by atoms with van der Waals surface area (Å²) >= 11 is 0. The van der Waals surface area contributed by atoms with Crippen molar-refractivity contribution < 1.29 is 13.9 Å². The molecule has 2 N–H and O–H groups in total. The Labute approximate surface area is 206 Å². The largest absolute Gasteiger partial charge is 0.490 e. The number of likely N-dealkylation sites (tertiary alicyclic amines) is 1. The lowest BCUT2D eigenvalue weighted by molar-refractivity contribution is 0.297. The van der Waals surface area contributed by atoms with Crippen LogP contribution in [0.5, 0.6) is 11.5 Å². The van der Waals surface area contributed by atoms with E-state index in [0.29, 0.717) is 43.6 Å². The van der Waals surface area contributed by atoms with Gasteiger partial charge in [-0.15, -0.1) is 24.0 Å². The van der Waals surface area contributed by atoms with Crippen LogP contribution < -0.4 is 20.1 Å². The maximum atomic E-state index is 13.9. The fourth-order valence-corrected chi connectivity index (χ4v) is 3.93. The van der Waals surface area contributed by atoms with Crippen molar-refractivity contribution in [1.29, 1.82) is 0 Å². The van der Waals surface area contributed by atoms with Gasteiger partial charge in [-0.05, 0) is 56.1 Å². The van der Waals surface area contributed by atoms with Crippen molar-refractivity contribution in [3.8, 4) is 11.5 Å². The fourth-order valence-electron chi connectivity index (χ4n) is 3.93. The molecule has 174 valence electrons. The van der Waals surface area contributed by atoms with Crippen LogP contribution in [0.4, 0.5) is 10.1 Å². The van der Waals surface area contributed by atoms with E-state index in [1.165, 1.54) is 6.07 Å². The second-order valence-corrected chi connectivity index (χ2v) is 8.21. The number of ether oxygens (including phenoxy) is 2. The molecule has 0 bridgehead atoms. The molecule has 8 heteroatoms. The highest BCUT2D eigenvalue weighted by atomic mass is 127. The van der Waals surface area contributed by atoms with Crippen LogP contribution in [-0.2, 0) is 6.42 Å². The molecule has 4 rings (SSSR count). The second kappa shape index (κ2) is 12.2. The zero-order valence-electron chi connectivity index (χ0n) is 18.5. The van der Waals surface area contributed by atoms with Crippen molar-refractivity contribution in [2.45, 2.75) is 19.3 Å². The van der Waals surface area contributed by atoms with Crippen LogP contribution in [0.2, 0.25) is 0 Å². The Morgan fingerprint density at radius 3 is 2.75 bits per heavy atom. The zero-order chi connectivity index (χ0) is 21.5. The number of benzene rings is 2. The van der Waals surface area contributed by atoms with Gasteiger partial charge in [0.15, 0.2) is 17.5 Å². The summed E-state index contributed by atoms with van der Waals surface area (Å²) in [4.78, 5) is 7.16. The number of nitrogens with zero attached hydrogens (tertiary/aromatic N) is 2. The smallest absolute Gasteiger partial charge is 0.195 e. The first-order valence-corrected chi connectivity index (χ1v) is 11.0. The van der Waals surface area contributed by atoms with E-state index in [0.717, 1.165) is 49.7 Å². The van der Waals surface area contributed by atoms with Gasteiger partial charge in [0.05, 0.1) is 13.2 Å². The zero-order valence-corrected chi connectivity index (χ0v) is 20.8. The van der Waals surface area contributed by atoms with Crippen LogP contribution >= 0.6 is 24.0 Å². The molecule has 0 aliphatic carbocycles. The van der Waals surface area contributed by atoms with Gasteiger partial charge < -0.3 is 25.0 Å². The molecule has 2 aliphatic heterocycles. The molecular weight excluding hydrogens is 522 g/mol. The molecule has 1 fully saturated rings. The Kier molecular flexibility index (Phi) is 9.40. The minimum absolute atomic E-state index is 0. The Bertz CT molecular complexity index is 911. The van der Waals surface area contributed by atoms with E-state index in [1.807, 2.05) is 30.3 Å². The average Bonchev–Trinajstić information content (AvgIpc) is 3.04. The van der Waals surface area contributed by atoms with Gasteiger partial charge in [-0.2, -0.15) is 0 Å². The van der Waals surface area contributed by atoms with Crippen LogP contribution in [0.25, 0.3) is 0 Å². The molecule has 1 unspecified atom stereocenters. The van der Waals surface area contributed by atoms with Crippen LogP contribution in [0.15, 0.2) is 47.5 Å².